The van der Waals surface area contributed by atoms with Crippen LogP contribution < -0.4 is 0 Å². The van der Waals surface area contributed by atoms with Gasteiger partial charge in [0.25, 0.3) is 0 Å². The predicted octanol–water partition coefficient (Wildman–Crippen LogP) is 2.33. The highest BCUT2D eigenvalue weighted by atomic mass is 35.5. The number of ketones is 1. The molecule has 0 bridgehead atoms. The van der Waals surface area contributed by atoms with E-state index in [1.54, 1.807) is 12.1 Å². The highest BCUT2D eigenvalue weighted by molar-refractivity contribution is 6.32. The van der Waals surface area contributed by atoms with Crippen LogP contribution in [-0.2, 0) is 4.79 Å². The average molecular weight is 252 g/mol. The third-order valence-electron chi connectivity index (χ3n) is 2.83. The molecule has 1 heterocycles. The first kappa shape index (κ1) is 12.1. The second-order valence-corrected chi connectivity index (χ2v) is 4.70. The Kier molecular flexibility index (Phi) is 3.50. The van der Waals surface area contributed by atoms with E-state index < -0.39 is 0 Å². The average Bonchev–Trinajstić information content (AvgIpc) is 2.29. The molecule has 0 atom stereocenters. The number of nitrogens with zero attached hydrogens (tertiary/aromatic N) is 1. The van der Waals surface area contributed by atoms with Gasteiger partial charge in [0, 0.05) is 25.1 Å². The molecule has 0 amide bonds. The van der Waals surface area contributed by atoms with Gasteiger partial charge < -0.3 is 10.0 Å². The molecule has 1 aliphatic heterocycles. The number of phenolic OH excluding ortho intramolecular Hbond substituents is 1. The molecule has 1 aliphatic rings. The molecule has 4 heteroatoms. The molecule has 1 saturated heterocycles. The lowest BCUT2D eigenvalue weighted by Crippen LogP contribution is -2.32. The van der Waals surface area contributed by atoms with E-state index in [9.17, 15) is 9.90 Å². The van der Waals surface area contributed by atoms with Gasteiger partial charge in [0.2, 0.25) is 0 Å². The van der Waals surface area contributed by atoms with Crippen LogP contribution >= 0.6 is 11.6 Å². The Labute approximate surface area is 105 Å². The molecule has 0 aromatic heterocycles. The number of likely N-dealkylation sites (tertiary alicyclic amines) is 1. The number of aromatic hydroxyl groups is 1. The fraction of sp³-hybridized carbons (Fsp3) is 0.308. The van der Waals surface area contributed by atoms with Gasteiger partial charge in [0.15, 0.2) is 5.78 Å². The van der Waals surface area contributed by atoms with Crippen LogP contribution in [0.2, 0.25) is 5.02 Å². The van der Waals surface area contributed by atoms with Crippen molar-refractivity contribution in [1.29, 1.82) is 0 Å². The monoisotopic (exact) mass is 251 g/mol. The molecule has 1 fully saturated rings. The van der Waals surface area contributed by atoms with E-state index in [0.29, 0.717) is 18.0 Å². The van der Waals surface area contributed by atoms with Crippen molar-refractivity contribution in [1.82, 2.24) is 4.90 Å². The summed E-state index contributed by atoms with van der Waals surface area (Å²) in [4.78, 5) is 13.8. The number of halogens is 1. The molecule has 17 heavy (non-hydrogen) atoms. The number of Topliss-reactive ketones (excluding diaryl/α,β-unsaturated/α-hetero) is 1. The summed E-state index contributed by atoms with van der Waals surface area (Å²) in [6.45, 7) is 1.48. The predicted molar refractivity (Wildman–Crippen MR) is 68.2 cm³/mol. The lowest BCUT2D eigenvalue weighted by Gasteiger charge is -2.23. The zero-order valence-electron chi connectivity index (χ0n) is 9.61. The summed E-state index contributed by atoms with van der Waals surface area (Å²) in [5.41, 5.74) is 1.63. The minimum Gasteiger partial charge on any atom is -0.506 e. The van der Waals surface area contributed by atoms with E-state index in [1.807, 2.05) is 13.1 Å². The zero-order valence-corrected chi connectivity index (χ0v) is 10.4. The van der Waals surface area contributed by atoms with Gasteiger partial charge in [0.1, 0.15) is 5.75 Å². The largest absolute Gasteiger partial charge is 0.506 e. The number of benzene rings is 1. The lowest BCUT2D eigenvalue weighted by atomic mass is 10.0. The van der Waals surface area contributed by atoms with Crippen molar-refractivity contribution in [3.05, 3.63) is 34.4 Å². The minimum atomic E-state index is 0.0564. The number of piperidine rings is 1. The summed E-state index contributed by atoms with van der Waals surface area (Å²) in [6.07, 6.45) is 2.40. The Bertz CT molecular complexity index is 482. The number of rotatable bonds is 1. The van der Waals surface area contributed by atoms with Gasteiger partial charge in [-0.2, -0.15) is 0 Å². The van der Waals surface area contributed by atoms with E-state index in [0.717, 1.165) is 17.7 Å². The summed E-state index contributed by atoms with van der Waals surface area (Å²) in [7, 11) is 1.99. The molecule has 2 rings (SSSR count). The van der Waals surface area contributed by atoms with Crippen LogP contribution in [0.15, 0.2) is 23.8 Å². The van der Waals surface area contributed by atoms with E-state index in [2.05, 4.69) is 4.90 Å². The van der Waals surface area contributed by atoms with Crippen molar-refractivity contribution in [2.75, 3.05) is 20.1 Å². The van der Waals surface area contributed by atoms with Gasteiger partial charge in [0.05, 0.1) is 5.02 Å². The zero-order chi connectivity index (χ0) is 12.4. The van der Waals surface area contributed by atoms with Gasteiger partial charge in [-0.1, -0.05) is 17.7 Å². The normalized spacial score (nSPS) is 19.9. The smallest absolute Gasteiger partial charge is 0.161 e. The van der Waals surface area contributed by atoms with Crippen LogP contribution in [0, 0.1) is 0 Å². The second-order valence-electron chi connectivity index (χ2n) is 4.29. The molecule has 0 spiro atoms. The number of hydrogen-bond acceptors (Lipinski definition) is 3. The molecular formula is C13H14ClNO2. The van der Waals surface area contributed by atoms with Crippen LogP contribution in [0.4, 0.5) is 0 Å². The van der Waals surface area contributed by atoms with Crippen molar-refractivity contribution in [2.45, 2.75) is 6.42 Å². The van der Waals surface area contributed by atoms with Crippen LogP contribution in [0.25, 0.3) is 6.08 Å². The molecule has 1 aromatic carbocycles. The van der Waals surface area contributed by atoms with Crippen molar-refractivity contribution < 1.29 is 9.90 Å². The Balaban J connectivity index is 2.28. The first-order chi connectivity index (χ1) is 8.06. The van der Waals surface area contributed by atoms with Gasteiger partial charge in [-0.05, 0) is 30.8 Å². The van der Waals surface area contributed by atoms with Gasteiger partial charge >= 0.3 is 0 Å². The fourth-order valence-electron chi connectivity index (χ4n) is 1.85. The maximum Gasteiger partial charge on any atom is 0.161 e. The first-order valence-corrected chi connectivity index (χ1v) is 5.85. The summed E-state index contributed by atoms with van der Waals surface area (Å²) >= 11 is 5.82. The molecular weight excluding hydrogens is 238 g/mol. The highest BCUT2D eigenvalue weighted by Gasteiger charge is 2.18. The number of carbonyl (C=O) groups is 1. The van der Waals surface area contributed by atoms with Crippen molar-refractivity contribution in [2.24, 2.45) is 0 Å². The van der Waals surface area contributed by atoms with E-state index >= 15 is 0 Å². The standard InChI is InChI=1S/C13H14ClNO2/c1-15-5-4-12(16)10(8-15)6-9-2-3-13(17)11(14)7-9/h2-3,6-7,17H,4-5,8H2,1H3/b10-6+. The molecule has 0 aliphatic carbocycles. The summed E-state index contributed by atoms with van der Waals surface area (Å²) < 4.78 is 0. The third-order valence-corrected chi connectivity index (χ3v) is 3.13. The topological polar surface area (TPSA) is 40.5 Å². The molecule has 0 unspecified atom stereocenters. The van der Waals surface area contributed by atoms with Crippen LogP contribution in [0.1, 0.15) is 12.0 Å². The summed E-state index contributed by atoms with van der Waals surface area (Å²) in [5.74, 6) is 0.244. The van der Waals surface area contributed by atoms with Crippen molar-refractivity contribution in [3.8, 4) is 5.75 Å². The Morgan fingerprint density at radius 2 is 2.24 bits per heavy atom. The molecule has 90 valence electrons. The summed E-state index contributed by atoms with van der Waals surface area (Å²) in [5, 5.41) is 9.62. The molecule has 0 radical (unpaired) electrons. The lowest BCUT2D eigenvalue weighted by molar-refractivity contribution is -0.117. The van der Waals surface area contributed by atoms with Crippen LogP contribution in [-0.4, -0.2) is 35.9 Å². The Morgan fingerprint density at radius 3 is 2.94 bits per heavy atom. The maximum atomic E-state index is 11.7. The van der Waals surface area contributed by atoms with Gasteiger partial charge in [-0.25, -0.2) is 0 Å². The summed E-state index contributed by atoms with van der Waals surface area (Å²) in [6, 6.07) is 4.94. The quantitative estimate of drug-likeness (QED) is 0.779. The van der Waals surface area contributed by atoms with Gasteiger partial charge in [-0.3, -0.25) is 4.79 Å². The molecule has 0 saturated carbocycles. The Morgan fingerprint density at radius 1 is 1.47 bits per heavy atom. The van der Waals surface area contributed by atoms with Crippen LogP contribution in [0.5, 0.6) is 5.75 Å². The second kappa shape index (κ2) is 4.90. The Hall–Kier alpha value is -1.32. The number of likely N-dealkylation sites (N-methyl/N-ethyl adjacent to an activating group) is 1. The molecule has 1 N–H and O–H groups in total. The molecule has 3 nitrogen and oxygen atoms in total. The van der Waals surface area contributed by atoms with Crippen molar-refractivity contribution in [3.63, 3.8) is 0 Å². The SMILES string of the molecule is CN1CCC(=O)/C(=C/c2ccc(O)c(Cl)c2)C1. The maximum absolute atomic E-state index is 11.7. The third kappa shape index (κ3) is 2.87. The minimum absolute atomic E-state index is 0.0564. The van der Waals surface area contributed by atoms with E-state index in [-0.39, 0.29) is 11.5 Å². The number of phenols is 1. The number of carbonyl (C=O) groups excluding carboxylic acids is 1. The van der Waals surface area contributed by atoms with Gasteiger partial charge in [-0.15, -0.1) is 0 Å². The molecule has 1 aromatic rings. The first-order valence-electron chi connectivity index (χ1n) is 5.47. The fourth-order valence-corrected chi connectivity index (χ4v) is 2.04. The highest BCUT2D eigenvalue weighted by Crippen LogP contribution is 2.25. The van der Waals surface area contributed by atoms with Crippen LogP contribution in [0.3, 0.4) is 0 Å². The van der Waals surface area contributed by atoms with E-state index in [4.69, 9.17) is 11.6 Å². The van der Waals surface area contributed by atoms with Crippen molar-refractivity contribution >= 4 is 23.5 Å². The van der Waals surface area contributed by atoms with E-state index in [1.165, 1.54) is 6.07 Å². The number of hydrogen-bond donors (Lipinski definition) is 1.